The van der Waals surface area contributed by atoms with E-state index in [4.69, 9.17) is 16.3 Å². The Labute approximate surface area is 181 Å². The molecule has 1 aliphatic heterocycles. The molecule has 1 N–H and O–H groups in total. The highest BCUT2D eigenvalue weighted by Gasteiger charge is 2.26. The number of benzene rings is 1. The van der Waals surface area contributed by atoms with Crippen molar-refractivity contribution in [3.05, 3.63) is 63.0 Å². The molecule has 0 unspecified atom stereocenters. The fraction of sp³-hybridized carbons (Fsp3) is 0.455. The van der Waals surface area contributed by atoms with Gasteiger partial charge in [-0.05, 0) is 38.5 Å². The highest BCUT2D eigenvalue weighted by molar-refractivity contribution is 6.31. The zero-order valence-corrected chi connectivity index (χ0v) is 18.4. The molecule has 0 spiro atoms. The summed E-state index contributed by atoms with van der Waals surface area (Å²) >= 11 is 6.17. The van der Waals surface area contributed by atoms with E-state index in [1.807, 2.05) is 39.0 Å². The molecule has 30 heavy (non-hydrogen) atoms. The number of piperazine rings is 1. The molecule has 1 amide bonds. The van der Waals surface area contributed by atoms with Gasteiger partial charge in [0.15, 0.2) is 5.75 Å². The van der Waals surface area contributed by atoms with E-state index in [-0.39, 0.29) is 11.8 Å². The monoisotopic (exact) mass is 433 g/mol. The van der Waals surface area contributed by atoms with Gasteiger partial charge in [0.1, 0.15) is 5.60 Å². The summed E-state index contributed by atoms with van der Waals surface area (Å²) in [5, 5.41) is 11.0. The molecule has 2 aromatic rings. The number of aromatic nitrogens is 1. The van der Waals surface area contributed by atoms with Crippen molar-refractivity contribution in [3.8, 4) is 5.75 Å². The summed E-state index contributed by atoms with van der Waals surface area (Å²) in [5.41, 5.74) is 0.418. The average Bonchev–Trinajstić information content (AvgIpc) is 2.68. The van der Waals surface area contributed by atoms with Gasteiger partial charge in [0.05, 0.1) is 6.54 Å². The van der Waals surface area contributed by atoms with Crippen LogP contribution in [0.3, 0.4) is 0 Å². The van der Waals surface area contributed by atoms with E-state index in [2.05, 4.69) is 4.90 Å². The number of nitrogens with zero attached hydrogens (tertiary/aromatic N) is 3. The van der Waals surface area contributed by atoms with Crippen LogP contribution in [-0.4, -0.2) is 57.3 Å². The summed E-state index contributed by atoms with van der Waals surface area (Å²) in [7, 11) is 0. The molecular formula is C22H28ClN3O4. The fourth-order valence-electron chi connectivity index (χ4n) is 3.32. The summed E-state index contributed by atoms with van der Waals surface area (Å²) < 4.78 is 6.86. The molecule has 0 atom stereocenters. The molecule has 0 aliphatic carbocycles. The van der Waals surface area contributed by atoms with Gasteiger partial charge in [0, 0.05) is 49.5 Å². The van der Waals surface area contributed by atoms with Gasteiger partial charge in [-0.2, -0.15) is 0 Å². The molecule has 1 fully saturated rings. The third-order valence-electron chi connectivity index (χ3n) is 4.94. The molecule has 2 heterocycles. The smallest absolute Gasteiger partial charge is 0.410 e. The van der Waals surface area contributed by atoms with Crippen LogP contribution in [0.25, 0.3) is 0 Å². The Bertz CT molecular complexity index is 960. The van der Waals surface area contributed by atoms with Gasteiger partial charge in [-0.3, -0.25) is 9.69 Å². The minimum atomic E-state index is -0.520. The lowest BCUT2D eigenvalue weighted by molar-refractivity contribution is 0.0138. The quantitative estimate of drug-likeness (QED) is 0.800. The maximum absolute atomic E-state index is 12.6. The molecule has 1 aromatic heterocycles. The van der Waals surface area contributed by atoms with E-state index in [0.717, 1.165) is 5.56 Å². The number of aromatic hydroxyl groups is 1. The summed E-state index contributed by atoms with van der Waals surface area (Å²) in [6.07, 6.45) is 1.37. The Balaban J connectivity index is 1.62. The molecule has 1 aromatic carbocycles. The van der Waals surface area contributed by atoms with Gasteiger partial charge in [0.2, 0.25) is 0 Å². The SMILES string of the molecule is CC(C)(C)OC(=O)N1CCN(Cc2ccn(Cc3ccccc3Cl)c(=O)c2O)CC1. The Hall–Kier alpha value is -2.51. The van der Waals surface area contributed by atoms with E-state index in [1.165, 1.54) is 4.57 Å². The maximum Gasteiger partial charge on any atom is 0.410 e. The predicted octanol–water partition coefficient (Wildman–Crippen LogP) is 3.31. The summed E-state index contributed by atoms with van der Waals surface area (Å²) in [6.45, 7) is 8.63. The lowest BCUT2D eigenvalue weighted by Crippen LogP contribution is -2.49. The van der Waals surface area contributed by atoms with E-state index in [9.17, 15) is 14.7 Å². The van der Waals surface area contributed by atoms with Crippen molar-refractivity contribution in [2.24, 2.45) is 0 Å². The zero-order valence-electron chi connectivity index (χ0n) is 17.6. The fourth-order valence-corrected chi connectivity index (χ4v) is 3.51. The Morgan fingerprint density at radius 3 is 2.37 bits per heavy atom. The molecule has 3 rings (SSSR count). The molecular weight excluding hydrogens is 406 g/mol. The summed E-state index contributed by atoms with van der Waals surface area (Å²) in [4.78, 5) is 28.6. The first-order valence-electron chi connectivity index (χ1n) is 9.99. The van der Waals surface area contributed by atoms with Crippen LogP contribution in [0.2, 0.25) is 5.02 Å². The van der Waals surface area contributed by atoms with Crippen LogP contribution in [0.5, 0.6) is 5.75 Å². The summed E-state index contributed by atoms with van der Waals surface area (Å²) in [5.74, 6) is -0.251. The van der Waals surface area contributed by atoms with E-state index in [0.29, 0.717) is 49.9 Å². The number of carbonyl (C=O) groups is 1. The van der Waals surface area contributed by atoms with E-state index in [1.54, 1.807) is 23.2 Å². The van der Waals surface area contributed by atoms with Crippen LogP contribution in [0.1, 0.15) is 31.9 Å². The second kappa shape index (κ2) is 9.10. The minimum absolute atomic E-state index is 0.251. The van der Waals surface area contributed by atoms with Crippen LogP contribution in [0, 0.1) is 0 Å². The first-order valence-corrected chi connectivity index (χ1v) is 10.4. The molecule has 7 nitrogen and oxygen atoms in total. The van der Waals surface area contributed by atoms with Crippen molar-refractivity contribution < 1.29 is 14.6 Å². The van der Waals surface area contributed by atoms with Gasteiger partial charge in [-0.25, -0.2) is 4.79 Å². The van der Waals surface area contributed by atoms with Gasteiger partial charge in [-0.1, -0.05) is 29.8 Å². The largest absolute Gasteiger partial charge is 0.503 e. The number of pyridine rings is 1. The first kappa shape index (κ1) is 22.2. The molecule has 162 valence electrons. The van der Waals surface area contributed by atoms with Crippen LogP contribution in [-0.2, 0) is 17.8 Å². The standard InChI is InChI=1S/C22H28ClN3O4/c1-22(2,3)30-21(29)25-12-10-24(11-13-25)14-17-8-9-26(20(28)19(17)27)15-16-6-4-5-7-18(16)23/h4-9,27H,10-15H2,1-3H3. The third-order valence-corrected chi connectivity index (χ3v) is 5.31. The normalized spacial score (nSPS) is 15.3. The molecule has 1 saturated heterocycles. The number of hydrogen-bond donors (Lipinski definition) is 1. The third kappa shape index (κ3) is 5.55. The summed E-state index contributed by atoms with van der Waals surface area (Å²) in [6, 6.07) is 9.07. The van der Waals surface area contributed by atoms with Gasteiger partial charge < -0.3 is 19.3 Å². The van der Waals surface area contributed by atoms with Crippen molar-refractivity contribution >= 4 is 17.7 Å². The number of carbonyl (C=O) groups excluding carboxylic acids is 1. The van der Waals surface area contributed by atoms with Gasteiger partial charge in [-0.15, -0.1) is 0 Å². The highest BCUT2D eigenvalue weighted by atomic mass is 35.5. The average molecular weight is 434 g/mol. The Morgan fingerprint density at radius 2 is 1.73 bits per heavy atom. The molecule has 8 heteroatoms. The van der Waals surface area contributed by atoms with Crippen LogP contribution >= 0.6 is 11.6 Å². The van der Waals surface area contributed by atoms with Crippen molar-refractivity contribution in [3.63, 3.8) is 0 Å². The van der Waals surface area contributed by atoms with Crippen molar-refractivity contribution in [2.75, 3.05) is 26.2 Å². The van der Waals surface area contributed by atoms with E-state index >= 15 is 0 Å². The molecule has 1 aliphatic rings. The van der Waals surface area contributed by atoms with Crippen molar-refractivity contribution in [2.45, 2.75) is 39.5 Å². The van der Waals surface area contributed by atoms with Crippen LogP contribution < -0.4 is 5.56 Å². The Morgan fingerprint density at radius 1 is 1.07 bits per heavy atom. The second-order valence-electron chi connectivity index (χ2n) is 8.46. The predicted molar refractivity (Wildman–Crippen MR) is 116 cm³/mol. The van der Waals surface area contributed by atoms with Gasteiger partial charge >= 0.3 is 6.09 Å². The number of ether oxygens (including phenoxy) is 1. The highest BCUT2D eigenvalue weighted by Crippen LogP contribution is 2.19. The van der Waals surface area contributed by atoms with Crippen molar-refractivity contribution in [1.82, 2.24) is 14.4 Å². The van der Waals surface area contributed by atoms with Crippen LogP contribution in [0.4, 0.5) is 4.79 Å². The number of amides is 1. The molecule has 0 saturated carbocycles. The number of halogens is 1. The lowest BCUT2D eigenvalue weighted by Gasteiger charge is -2.35. The zero-order chi connectivity index (χ0) is 21.9. The number of hydrogen-bond acceptors (Lipinski definition) is 5. The topological polar surface area (TPSA) is 75.0 Å². The molecule has 0 radical (unpaired) electrons. The number of rotatable bonds is 4. The second-order valence-corrected chi connectivity index (χ2v) is 8.86. The Kier molecular flexibility index (Phi) is 6.73. The maximum atomic E-state index is 12.6. The van der Waals surface area contributed by atoms with Crippen LogP contribution in [0.15, 0.2) is 41.3 Å². The van der Waals surface area contributed by atoms with Gasteiger partial charge in [0.25, 0.3) is 5.56 Å². The minimum Gasteiger partial charge on any atom is -0.503 e. The lowest BCUT2D eigenvalue weighted by atomic mass is 10.2. The van der Waals surface area contributed by atoms with Crippen molar-refractivity contribution in [1.29, 1.82) is 0 Å². The molecule has 0 bridgehead atoms. The first-order chi connectivity index (χ1) is 14.1. The van der Waals surface area contributed by atoms with E-state index < -0.39 is 11.2 Å².